The molecule has 21 heavy (non-hydrogen) atoms. The van der Waals surface area contributed by atoms with E-state index in [4.69, 9.17) is 5.11 Å². The highest BCUT2D eigenvalue weighted by Crippen LogP contribution is 2.35. The molecule has 0 aromatic carbocycles. The van der Waals surface area contributed by atoms with Crippen LogP contribution in [-0.4, -0.2) is 34.6 Å². The average molecular weight is 295 g/mol. The molecule has 0 aromatic heterocycles. The van der Waals surface area contributed by atoms with E-state index < -0.39 is 5.97 Å². The lowest BCUT2D eigenvalue weighted by atomic mass is 9.79. The molecule has 2 aliphatic rings. The maximum Gasteiger partial charge on any atom is 0.303 e. The molecular formula is C18H33NO2. The highest BCUT2D eigenvalue weighted by Gasteiger charge is 2.32. The zero-order valence-corrected chi connectivity index (χ0v) is 13.9. The number of aliphatic carboxylic acids is 1. The summed E-state index contributed by atoms with van der Waals surface area (Å²) in [5.74, 6) is 1.06. The smallest absolute Gasteiger partial charge is 0.303 e. The Morgan fingerprint density at radius 2 is 2.00 bits per heavy atom. The van der Waals surface area contributed by atoms with Crippen molar-refractivity contribution in [2.24, 2.45) is 11.8 Å². The second kappa shape index (κ2) is 8.17. The number of carboxylic acids is 1. The summed E-state index contributed by atoms with van der Waals surface area (Å²) in [6.45, 7) is 5.86. The SMILES string of the molecule is CC(C)CC1CCCC(N2CCCCC2CCC(=O)O)C1. The molecule has 3 atom stereocenters. The van der Waals surface area contributed by atoms with Crippen molar-refractivity contribution in [3.63, 3.8) is 0 Å². The van der Waals surface area contributed by atoms with E-state index in [1.165, 1.54) is 57.9 Å². The van der Waals surface area contributed by atoms with E-state index in [9.17, 15) is 4.79 Å². The van der Waals surface area contributed by atoms with Crippen molar-refractivity contribution in [1.82, 2.24) is 4.90 Å². The molecule has 122 valence electrons. The summed E-state index contributed by atoms with van der Waals surface area (Å²) in [6.07, 6.45) is 11.8. The summed E-state index contributed by atoms with van der Waals surface area (Å²) < 4.78 is 0. The van der Waals surface area contributed by atoms with Crippen LogP contribution in [0.3, 0.4) is 0 Å². The van der Waals surface area contributed by atoms with Crippen LogP contribution in [0.4, 0.5) is 0 Å². The Hall–Kier alpha value is -0.570. The third kappa shape index (κ3) is 5.28. The molecule has 1 saturated carbocycles. The summed E-state index contributed by atoms with van der Waals surface area (Å²) in [7, 11) is 0. The molecule has 3 unspecified atom stereocenters. The summed E-state index contributed by atoms with van der Waals surface area (Å²) in [5, 5.41) is 8.96. The summed E-state index contributed by atoms with van der Waals surface area (Å²) in [6, 6.07) is 1.25. The van der Waals surface area contributed by atoms with Gasteiger partial charge in [0.15, 0.2) is 0 Å². The standard InChI is InChI=1S/C18H33NO2/c1-14(2)12-15-6-5-8-17(13-15)19-11-4-3-7-16(19)9-10-18(20)21/h14-17H,3-13H2,1-2H3,(H,20,21). The minimum Gasteiger partial charge on any atom is -0.481 e. The zero-order chi connectivity index (χ0) is 15.2. The third-order valence-corrected chi connectivity index (χ3v) is 5.39. The Morgan fingerprint density at radius 3 is 2.71 bits per heavy atom. The number of nitrogens with zero attached hydrogens (tertiary/aromatic N) is 1. The van der Waals surface area contributed by atoms with E-state index in [0.29, 0.717) is 12.5 Å². The number of likely N-dealkylation sites (tertiary alicyclic amines) is 1. The molecule has 3 heteroatoms. The molecule has 1 heterocycles. The maximum atomic E-state index is 10.9. The van der Waals surface area contributed by atoms with E-state index in [2.05, 4.69) is 18.7 Å². The average Bonchev–Trinajstić information content (AvgIpc) is 2.45. The first kappa shape index (κ1) is 16.8. The topological polar surface area (TPSA) is 40.5 Å². The predicted molar refractivity (Wildman–Crippen MR) is 86.4 cm³/mol. The quantitative estimate of drug-likeness (QED) is 0.793. The third-order valence-electron chi connectivity index (χ3n) is 5.39. The van der Waals surface area contributed by atoms with Gasteiger partial charge in [0.25, 0.3) is 0 Å². The first-order valence-corrected chi connectivity index (χ1v) is 9.03. The number of carboxylic acid groups (broad SMARTS) is 1. The van der Waals surface area contributed by atoms with Gasteiger partial charge in [-0.15, -0.1) is 0 Å². The minimum absolute atomic E-state index is 0.337. The van der Waals surface area contributed by atoms with E-state index in [-0.39, 0.29) is 0 Å². The Balaban J connectivity index is 1.91. The van der Waals surface area contributed by atoms with Gasteiger partial charge in [0.05, 0.1) is 0 Å². The van der Waals surface area contributed by atoms with Crippen molar-refractivity contribution < 1.29 is 9.90 Å². The second-order valence-corrected chi connectivity index (χ2v) is 7.64. The fraction of sp³-hybridized carbons (Fsp3) is 0.944. The number of rotatable bonds is 6. The summed E-state index contributed by atoms with van der Waals surface area (Å²) in [5.41, 5.74) is 0. The Bertz CT molecular complexity index is 329. The van der Waals surface area contributed by atoms with Gasteiger partial charge in [-0.25, -0.2) is 0 Å². The highest BCUT2D eigenvalue weighted by molar-refractivity contribution is 5.66. The van der Waals surface area contributed by atoms with Crippen LogP contribution >= 0.6 is 0 Å². The highest BCUT2D eigenvalue weighted by atomic mass is 16.4. The lowest BCUT2D eigenvalue weighted by Crippen LogP contribution is -2.48. The molecule has 1 saturated heterocycles. The van der Waals surface area contributed by atoms with Crippen LogP contribution < -0.4 is 0 Å². The molecule has 2 rings (SSSR count). The molecule has 0 amide bonds. The van der Waals surface area contributed by atoms with E-state index in [1.54, 1.807) is 0 Å². The van der Waals surface area contributed by atoms with E-state index in [0.717, 1.165) is 24.3 Å². The van der Waals surface area contributed by atoms with Crippen LogP contribution in [0.25, 0.3) is 0 Å². The number of hydrogen-bond donors (Lipinski definition) is 1. The predicted octanol–water partition coefficient (Wildman–Crippen LogP) is 4.31. The van der Waals surface area contributed by atoms with Crippen molar-refractivity contribution in [3.05, 3.63) is 0 Å². The van der Waals surface area contributed by atoms with Crippen LogP contribution in [-0.2, 0) is 4.79 Å². The van der Waals surface area contributed by atoms with Gasteiger partial charge in [-0.1, -0.05) is 33.1 Å². The molecule has 1 N–H and O–H groups in total. The van der Waals surface area contributed by atoms with Crippen LogP contribution in [0.5, 0.6) is 0 Å². The van der Waals surface area contributed by atoms with Gasteiger partial charge in [0.1, 0.15) is 0 Å². The second-order valence-electron chi connectivity index (χ2n) is 7.64. The van der Waals surface area contributed by atoms with Gasteiger partial charge >= 0.3 is 5.97 Å². The van der Waals surface area contributed by atoms with Crippen LogP contribution in [0.2, 0.25) is 0 Å². The maximum absolute atomic E-state index is 10.9. The van der Waals surface area contributed by atoms with Crippen LogP contribution in [0, 0.1) is 11.8 Å². The lowest BCUT2D eigenvalue weighted by molar-refractivity contribution is -0.137. The van der Waals surface area contributed by atoms with Gasteiger partial charge in [0, 0.05) is 18.5 Å². The Morgan fingerprint density at radius 1 is 1.19 bits per heavy atom. The number of hydrogen-bond acceptors (Lipinski definition) is 2. The molecule has 1 aliphatic heterocycles. The number of carbonyl (C=O) groups is 1. The minimum atomic E-state index is -0.637. The normalized spacial score (nSPS) is 31.5. The van der Waals surface area contributed by atoms with Crippen LogP contribution in [0.1, 0.15) is 78.1 Å². The summed E-state index contributed by atoms with van der Waals surface area (Å²) in [4.78, 5) is 13.6. The van der Waals surface area contributed by atoms with Crippen molar-refractivity contribution >= 4 is 5.97 Å². The molecular weight excluding hydrogens is 262 g/mol. The zero-order valence-electron chi connectivity index (χ0n) is 13.9. The first-order valence-electron chi connectivity index (χ1n) is 9.03. The molecule has 0 bridgehead atoms. The lowest BCUT2D eigenvalue weighted by Gasteiger charge is -2.44. The van der Waals surface area contributed by atoms with Gasteiger partial charge < -0.3 is 5.11 Å². The molecule has 0 spiro atoms. The molecule has 1 aliphatic carbocycles. The van der Waals surface area contributed by atoms with Crippen molar-refractivity contribution in [2.45, 2.75) is 90.1 Å². The Labute approximate surface area is 130 Å². The fourth-order valence-electron chi connectivity index (χ4n) is 4.55. The van der Waals surface area contributed by atoms with Gasteiger partial charge in [-0.2, -0.15) is 0 Å². The van der Waals surface area contributed by atoms with Crippen molar-refractivity contribution in [3.8, 4) is 0 Å². The van der Waals surface area contributed by atoms with E-state index in [1.807, 2.05) is 0 Å². The largest absolute Gasteiger partial charge is 0.481 e. The van der Waals surface area contributed by atoms with Gasteiger partial charge in [-0.05, 0) is 56.9 Å². The van der Waals surface area contributed by atoms with Gasteiger partial charge in [0.2, 0.25) is 0 Å². The molecule has 0 aromatic rings. The van der Waals surface area contributed by atoms with E-state index >= 15 is 0 Å². The summed E-state index contributed by atoms with van der Waals surface area (Å²) >= 11 is 0. The van der Waals surface area contributed by atoms with Crippen molar-refractivity contribution in [1.29, 1.82) is 0 Å². The fourth-order valence-corrected chi connectivity index (χ4v) is 4.55. The number of piperidine rings is 1. The monoisotopic (exact) mass is 295 g/mol. The first-order chi connectivity index (χ1) is 10.1. The molecule has 0 radical (unpaired) electrons. The Kier molecular flexibility index (Phi) is 6.53. The molecule has 3 nitrogen and oxygen atoms in total. The van der Waals surface area contributed by atoms with Crippen molar-refractivity contribution in [2.75, 3.05) is 6.54 Å². The molecule has 2 fully saturated rings. The van der Waals surface area contributed by atoms with Crippen LogP contribution in [0.15, 0.2) is 0 Å². The van der Waals surface area contributed by atoms with Gasteiger partial charge in [-0.3, -0.25) is 9.69 Å².